The molecule has 0 fully saturated rings. The van der Waals surface area contributed by atoms with Crippen molar-refractivity contribution < 1.29 is 13.2 Å². The maximum absolute atomic E-state index is 12.8. The van der Waals surface area contributed by atoms with Crippen molar-refractivity contribution in [1.29, 1.82) is 0 Å². The van der Waals surface area contributed by atoms with Crippen molar-refractivity contribution in [1.82, 2.24) is 20.4 Å². The van der Waals surface area contributed by atoms with Crippen molar-refractivity contribution in [3.63, 3.8) is 0 Å². The van der Waals surface area contributed by atoms with Gasteiger partial charge >= 0.3 is 6.18 Å². The summed E-state index contributed by atoms with van der Waals surface area (Å²) in [5, 5.41) is 12.5. The zero-order valence-electron chi connectivity index (χ0n) is 9.50. The number of aromatic amines is 1. The van der Waals surface area contributed by atoms with Gasteiger partial charge in [-0.05, 0) is 22.0 Å². The number of hydrogen-bond donors (Lipinski definition) is 2. The number of pyridine rings is 1. The van der Waals surface area contributed by atoms with Crippen molar-refractivity contribution in [3.8, 4) is 0 Å². The highest BCUT2D eigenvalue weighted by Gasteiger charge is 2.34. The number of nitrogens with zero attached hydrogens (tertiary/aromatic N) is 3. The molecular weight excluding hydrogens is 327 g/mol. The van der Waals surface area contributed by atoms with E-state index in [1.54, 1.807) is 0 Å². The molecule has 0 aromatic carbocycles. The van der Waals surface area contributed by atoms with Crippen molar-refractivity contribution >= 4 is 21.7 Å². The summed E-state index contributed by atoms with van der Waals surface area (Å²) in [7, 11) is 0. The van der Waals surface area contributed by atoms with Crippen LogP contribution in [0.4, 0.5) is 19.0 Å². The van der Waals surface area contributed by atoms with Crippen LogP contribution < -0.4 is 5.32 Å². The van der Waals surface area contributed by atoms with Crippen LogP contribution >= 0.6 is 15.9 Å². The van der Waals surface area contributed by atoms with Crippen LogP contribution in [0.3, 0.4) is 0 Å². The molecule has 2 heterocycles. The lowest BCUT2D eigenvalue weighted by molar-refractivity contribution is -0.137. The van der Waals surface area contributed by atoms with Gasteiger partial charge in [0.05, 0.1) is 17.5 Å². The summed E-state index contributed by atoms with van der Waals surface area (Å²) in [6, 6.07) is 0.992. The van der Waals surface area contributed by atoms with Crippen LogP contribution in [0, 0.1) is 0 Å². The third-order valence-corrected chi connectivity index (χ3v) is 2.73. The molecule has 0 saturated carbocycles. The van der Waals surface area contributed by atoms with Gasteiger partial charge in [-0.1, -0.05) is 0 Å². The van der Waals surface area contributed by atoms with E-state index in [1.807, 2.05) is 0 Å². The van der Waals surface area contributed by atoms with Crippen LogP contribution in [0.15, 0.2) is 22.9 Å². The van der Waals surface area contributed by atoms with E-state index >= 15 is 0 Å². The Hall–Kier alpha value is -1.64. The van der Waals surface area contributed by atoms with Crippen LogP contribution in [-0.4, -0.2) is 26.9 Å². The van der Waals surface area contributed by atoms with E-state index in [0.717, 1.165) is 6.07 Å². The third kappa shape index (κ3) is 3.66. The van der Waals surface area contributed by atoms with Crippen molar-refractivity contribution in [3.05, 3.63) is 34.2 Å². The molecule has 2 N–H and O–H groups in total. The fourth-order valence-corrected chi connectivity index (χ4v) is 1.78. The van der Waals surface area contributed by atoms with E-state index in [0.29, 0.717) is 12.1 Å². The quantitative estimate of drug-likeness (QED) is 0.901. The summed E-state index contributed by atoms with van der Waals surface area (Å²) in [5.41, 5.74) is -0.139. The summed E-state index contributed by atoms with van der Waals surface area (Å²) in [6.45, 7) is 0.282. The lowest BCUT2D eigenvalue weighted by Crippen LogP contribution is -2.14. The Kier molecular flexibility index (Phi) is 4.03. The number of hydrogen-bond acceptors (Lipinski definition) is 4. The molecule has 9 heteroatoms. The second-order valence-electron chi connectivity index (χ2n) is 3.69. The summed E-state index contributed by atoms with van der Waals surface area (Å²) in [4.78, 5) is 3.74. The highest BCUT2D eigenvalue weighted by atomic mass is 79.9. The normalized spacial score (nSPS) is 11.6. The molecular formula is C10H9BrF3N5. The third-order valence-electron chi connectivity index (χ3n) is 2.30. The molecule has 102 valence electrons. The SMILES string of the molecule is FC(F)(F)c1cc(Br)cnc1NCCc1cn[nH]n1. The maximum Gasteiger partial charge on any atom is 0.419 e. The summed E-state index contributed by atoms with van der Waals surface area (Å²) >= 11 is 2.98. The van der Waals surface area contributed by atoms with Crippen molar-refractivity contribution in [2.24, 2.45) is 0 Å². The van der Waals surface area contributed by atoms with Crippen LogP contribution in [0.2, 0.25) is 0 Å². The number of rotatable bonds is 4. The molecule has 5 nitrogen and oxygen atoms in total. The first kappa shape index (κ1) is 13.8. The molecule has 0 amide bonds. The first-order valence-electron chi connectivity index (χ1n) is 5.28. The van der Waals surface area contributed by atoms with E-state index in [-0.39, 0.29) is 16.8 Å². The Bertz CT molecular complexity index is 541. The fraction of sp³-hybridized carbons (Fsp3) is 0.300. The number of anilines is 1. The van der Waals surface area contributed by atoms with Gasteiger partial charge in [-0.3, -0.25) is 0 Å². The second-order valence-corrected chi connectivity index (χ2v) is 4.60. The summed E-state index contributed by atoms with van der Waals surface area (Å²) in [6.07, 6.45) is -1.17. The van der Waals surface area contributed by atoms with Gasteiger partial charge < -0.3 is 5.32 Å². The van der Waals surface area contributed by atoms with E-state index in [9.17, 15) is 13.2 Å². The first-order valence-corrected chi connectivity index (χ1v) is 6.07. The summed E-state index contributed by atoms with van der Waals surface area (Å²) < 4.78 is 38.7. The predicted octanol–water partition coefficient (Wildman–Crippen LogP) is 2.64. The fourth-order valence-electron chi connectivity index (χ4n) is 1.45. The Labute approximate surface area is 114 Å². The molecule has 0 bridgehead atoms. The zero-order chi connectivity index (χ0) is 13.9. The first-order chi connectivity index (χ1) is 8.97. The lowest BCUT2D eigenvalue weighted by atomic mass is 10.2. The van der Waals surface area contributed by atoms with E-state index in [4.69, 9.17) is 0 Å². The van der Waals surface area contributed by atoms with Gasteiger partial charge in [0.25, 0.3) is 0 Å². The van der Waals surface area contributed by atoms with Crippen LogP contribution in [0.25, 0.3) is 0 Å². The molecule has 0 aliphatic rings. The molecule has 2 aromatic heterocycles. The highest BCUT2D eigenvalue weighted by molar-refractivity contribution is 9.10. The van der Waals surface area contributed by atoms with Gasteiger partial charge in [0.2, 0.25) is 0 Å². The highest BCUT2D eigenvalue weighted by Crippen LogP contribution is 2.35. The Morgan fingerprint density at radius 1 is 1.32 bits per heavy atom. The molecule has 0 aliphatic carbocycles. The number of halogens is 4. The average Bonchev–Trinajstić information content (AvgIpc) is 2.83. The van der Waals surface area contributed by atoms with Gasteiger partial charge in [0, 0.05) is 23.6 Å². The summed E-state index contributed by atoms with van der Waals surface area (Å²) in [5.74, 6) is -0.195. The largest absolute Gasteiger partial charge is 0.419 e. The number of alkyl halides is 3. The molecule has 2 aromatic rings. The second kappa shape index (κ2) is 5.55. The van der Waals surface area contributed by atoms with E-state index < -0.39 is 11.7 Å². The number of H-pyrrole nitrogens is 1. The van der Waals surface area contributed by atoms with Gasteiger partial charge in [0.15, 0.2) is 0 Å². The van der Waals surface area contributed by atoms with Gasteiger partial charge in [-0.15, -0.1) is 0 Å². The number of nitrogens with one attached hydrogen (secondary N) is 2. The molecule has 0 saturated heterocycles. The van der Waals surface area contributed by atoms with Gasteiger partial charge in [-0.25, -0.2) is 4.98 Å². The average molecular weight is 336 g/mol. The molecule has 2 rings (SSSR count). The molecule has 0 aliphatic heterocycles. The minimum atomic E-state index is -4.45. The van der Waals surface area contributed by atoms with Crippen LogP contribution in [0.5, 0.6) is 0 Å². The van der Waals surface area contributed by atoms with Crippen LogP contribution in [0.1, 0.15) is 11.3 Å². The molecule has 0 atom stereocenters. The minimum Gasteiger partial charge on any atom is -0.369 e. The lowest BCUT2D eigenvalue weighted by Gasteiger charge is -2.13. The minimum absolute atomic E-state index is 0.195. The van der Waals surface area contributed by atoms with Gasteiger partial charge in [-0.2, -0.15) is 28.6 Å². The number of aromatic nitrogens is 4. The Balaban J connectivity index is 2.07. The molecule has 19 heavy (non-hydrogen) atoms. The van der Waals surface area contributed by atoms with Gasteiger partial charge in [0.1, 0.15) is 5.82 Å². The van der Waals surface area contributed by atoms with E-state index in [1.165, 1.54) is 12.4 Å². The molecule has 0 spiro atoms. The van der Waals surface area contributed by atoms with E-state index in [2.05, 4.69) is 41.6 Å². The van der Waals surface area contributed by atoms with Crippen LogP contribution in [-0.2, 0) is 12.6 Å². The van der Waals surface area contributed by atoms with Crippen molar-refractivity contribution in [2.75, 3.05) is 11.9 Å². The monoisotopic (exact) mass is 335 g/mol. The Morgan fingerprint density at radius 2 is 2.11 bits per heavy atom. The molecule has 0 unspecified atom stereocenters. The zero-order valence-corrected chi connectivity index (χ0v) is 11.1. The standard InChI is InChI=1S/C10H9BrF3N5/c11-6-3-8(10(12,13)14)9(16-4-6)15-2-1-7-5-17-19-18-7/h3-5H,1-2H2,(H,15,16)(H,17,18,19). The molecule has 0 radical (unpaired) electrons. The predicted molar refractivity (Wildman–Crippen MR) is 65.5 cm³/mol. The Morgan fingerprint density at radius 3 is 2.74 bits per heavy atom. The smallest absolute Gasteiger partial charge is 0.369 e. The topological polar surface area (TPSA) is 66.5 Å². The maximum atomic E-state index is 12.8. The van der Waals surface area contributed by atoms with Crippen molar-refractivity contribution in [2.45, 2.75) is 12.6 Å².